The lowest BCUT2D eigenvalue weighted by Gasteiger charge is -1.95. The molecule has 0 spiro atoms. The van der Waals surface area contributed by atoms with Crippen molar-refractivity contribution < 1.29 is 9.90 Å². The summed E-state index contributed by atoms with van der Waals surface area (Å²) in [5.41, 5.74) is 0.754. The molecule has 1 aromatic rings. The van der Waals surface area contributed by atoms with Crippen molar-refractivity contribution in [2.24, 2.45) is 0 Å². The summed E-state index contributed by atoms with van der Waals surface area (Å²) in [7, 11) is 0. The number of hydrogen-bond acceptors (Lipinski definition) is 4. The molecule has 1 aromatic heterocycles. The quantitative estimate of drug-likeness (QED) is 0.549. The van der Waals surface area contributed by atoms with E-state index in [0.29, 0.717) is 13.1 Å². The second kappa shape index (κ2) is 4.74. The van der Waals surface area contributed by atoms with Crippen molar-refractivity contribution in [1.82, 2.24) is 10.3 Å². The Morgan fingerprint density at radius 3 is 3.15 bits per heavy atom. The smallest absolute Gasteiger partial charge is 0.365 e. The predicted octanol–water partition coefficient (Wildman–Crippen LogP) is 1.12. The van der Waals surface area contributed by atoms with E-state index in [1.165, 1.54) is 0 Å². The summed E-state index contributed by atoms with van der Waals surface area (Å²) in [6, 6.07) is 0. The minimum atomic E-state index is -0.972. The van der Waals surface area contributed by atoms with Crippen molar-refractivity contribution in [1.29, 1.82) is 0 Å². The SMILES string of the molecule is C=CCNCc1csc(C(=O)O)n1. The third kappa shape index (κ3) is 2.96. The zero-order chi connectivity index (χ0) is 9.68. The van der Waals surface area contributed by atoms with E-state index in [1.54, 1.807) is 11.5 Å². The Labute approximate surface area is 79.9 Å². The third-order valence-electron chi connectivity index (χ3n) is 1.33. The number of carboxylic acids is 1. The minimum absolute atomic E-state index is 0.135. The molecule has 1 heterocycles. The molecule has 13 heavy (non-hydrogen) atoms. The second-order valence-electron chi connectivity index (χ2n) is 2.37. The van der Waals surface area contributed by atoms with Crippen LogP contribution >= 0.6 is 11.3 Å². The van der Waals surface area contributed by atoms with Crippen LogP contribution in [0.2, 0.25) is 0 Å². The molecule has 0 unspecified atom stereocenters. The van der Waals surface area contributed by atoms with Crippen LogP contribution < -0.4 is 5.32 Å². The fourth-order valence-corrected chi connectivity index (χ4v) is 1.44. The molecule has 0 atom stereocenters. The van der Waals surface area contributed by atoms with Gasteiger partial charge in [0, 0.05) is 18.5 Å². The molecule has 5 heteroatoms. The number of aromatic carboxylic acids is 1. The summed E-state index contributed by atoms with van der Waals surface area (Å²) in [4.78, 5) is 14.4. The monoisotopic (exact) mass is 198 g/mol. The summed E-state index contributed by atoms with van der Waals surface area (Å²) >= 11 is 1.14. The van der Waals surface area contributed by atoms with E-state index >= 15 is 0 Å². The maximum atomic E-state index is 10.5. The highest BCUT2D eigenvalue weighted by Crippen LogP contribution is 2.08. The van der Waals surface area contributed by atoms with Gasteiger partial charge in [-0.25, -0.2) is 9.78 Å². The van der Waals surface area contributed by atoms with Crippen LogP contribution in [0, 0.1) is 0 Å². The van der Waals surface area contributed by atoms with E-state index in [4.69, 9.17) is 5.11 Å². The maximum absolute atomic E-state index is 10.5. The van der Waals surface area contributed by atoms with Gasteiger partial charge >= 0.3 is 5.97 Å². The summed E-state index contributed by atoms with van der Waals surface area (Å²) in [6.07, 6.45) is 1.74. The highest BCUT2D eigenvalue weighted by molar-refractivity contribution is 7.11. The number of carbonyl (C=O) groups is 1. The summed E-state index contributed by atoms with van der Waals surface area (Å²) in [5.74, 6) is -0.972. The molecular weight excluding hydrogens is 188 g/mol. The van der Waals surface area contributed by atoms with E-state index in [1.807, 2.05) is 0 Å². The molecule has 0 saturated carbocycles. The lowest BCUT2D eigenvalue weighted by molar-refractivity contribution is 0.0696. The van der Waals surface area contributed by atoms with Gasteiger partial charge in [0.1, 0.15) is 0 Å². The molecule has 0 fully saturated rings. The number of nitrogens with one attached hydrogen (secondary N) is 1. The van der Waals surface area contributed by atoms with Gasteiger partial charge in [-0.1, -0.05) is 6.08 Å². The molecule has 0 bridgehead atoms. The first-order valence-electron chi connectivity index (χ1n) is 3.73. The van der Waals surface area contributed by atoms with E-state index in [9.17, 15) is 4.79 Å². The van der Waals surface area contributed by atoms with Crippen LogP contribution in [0.3, 0.4) is 0 Å². The fraction of sp³-hybridized carbons (Fsp3) is 0.250. The number of rotatable bonds is 5. The summed E-state index contributed by atoms with van der Waals surface area (Å²) in [6.45, 7) is 4.82. The van der Waals surface area contributed by atoms with Gasteiger partial charge in [0.15, 0.2) is 0 Å². The van der Waals surface area contributed by atoms with Gasteiger partial charge < -0.3 is 10.4 Å². The topological polar surface area (TPSA) is 62.2 Å². The lowest BCUT2D eigenvalue weighted by Crippen LogP contribution is -2.12. The van der Waals surface area contributed by atoms with Gasteiger partial charge in [0.05, 0.1) is 5.69 Å². The number of nitrogens with zero attached hydrogens (tertiary/aromatic N) is 1. The van der Waals surface area contributed by atoms with Crippen molar-refractivity contribution in [3.63, 3.8) is 0 Å². The van der Waals surface area contributed by atoms with Crippen molar-refractivity contribution in [2.75, 3.05) is 6.54 Å². The predicted molar refractivity (Wildman–Crippen MR) is 51.0 cm³/mol. The molecule has 70 valence electrons. The highest BCUT2D eigenvalue weighted by atomic mass is 32.1. The molecule has 0 radical (unpaired) electrons. The number of thiazole rings is 1. The molecule has 0 aliphatic rings. The molecule has 2 N–H and O–H groups in total. The average Bonchev–Trinajstić information content (AvgIpc) is 2.53. The summed E-state index contributed by atoms with van der Waals surface area (Å²) in [5, 5.41) is 13.5. The van der Waals surface area contributed by atoms with Crippen molar-refractivity contribution in [3.8, 4) is 0 Å². The maximum Gasteiger partial charge on any atom is 0.365 e. The fourth-order valence-electron chi connectivity index (χ4n) is 0.789. The van der Waals surface area contributed by atoms with Crippen LogP contribution in [0.5, 0.6) is 0 Å². The first-order valence-corrected chi connectivity index (χ1v) is 4.61. The zero-order valence-corrected chi connectivity index (χ0v) is 7.80. The van der Waals surface area contributed by atoms with Crippen LogP contribution in [0.1, 0.15) is 15.5 Å². The number of hydrogen-bond donors (Lipinski definition) is 2. The van der Waals surface area contributed by atoms with E-state index in [0.717, 1.165) is 17.0 Å². The minimum Gasteiger partial charge on any atom is -0.476 e. The normalized spacial score (nSPS) is 9.85. The van der Waals surface area contributed by atoms with Crippen LogP contribution in [0.4, 0.5) is 0 Å². The Bertz CT molecular complexity index is 309. The average molecular weight is 198 g/mol. The third-order valence-corrected chi connectivity index (χ3v) is 2.21. The van der Waals surface area contributed by atoms with Crippen molar-refractivity contribution in [3.05, 3.63) is 28.7 Å². The Balaban J connectivity index is 2.49. The van der Waals surface area contributed by atoms with Gasteiger partial charge in [-0.3, -0.25) is 0 Å². The molecule has 1 rings (SSSR count). The van der Waals surface area contributed by atoms with Crippen LogP contribution in [0.25, 0.3) is 0 Å². The molecule has 0 aliphatic heterocycles. The van der Waals surface area contributed by atoms with Crippen molar-refractivity contribution >= 4 is 17.3 Å². The van der Waals surface area contributed by atoms with Crippen molar-refractivity contribution in [2.45, 2.75) is 6.54 Å². The molecule has 0 aliphatic carbocycles. The van der Waals surface area contributed by atoms with Gasteiger partial charge in [-0.15, -0.1) is 17.9 Å². The molecule has 0 amide bonds. The second-order valence-corrected chi connectivity index (χ2v) is 3.23. The van der Waals surface area contributed by atoms with Gasteiger partial charge in [-0.05, 0) is 0 Å². The highest BCUT2D eigenvalue weighted by Gasteiger charge is 2.07. The molecular formula is C8H10N2O2S. The van der Waals surface area contributed by atoms with E-state index in [2.05, 4.69) is 16.9 Å². The van der Waals surface area contributed by atoms with Gasteiger partial charge in [0.2, 0.25) is 5.01 Å². The molecule has 0 saturated heterocycles. The van der Waals surface area contributed by atoms with Crippen LogP contribution in [-0.4, -0.2) is 22.6 Å². The Morgan fingerprint density at radius 1 is 1.85 bits per heavy atom. The standard InChI is InChI=1S/C8H10N2O2S/c1-2-3-9-4-6-5-13-7(10-6)8(11)12/h2,5,9H,1,3-4H2,(H,11,12). The zero-order valence-electron chi connectivity index (χ0n) is 6.99. The van der Waals surface area contributed by atoms with Crippen LogP contribution in [0.15, 0.2) is 18.0 Å². The summed E-state index contributed by atoms with van der Waals surface area (Å²) < 4.78 is 0. The largest absolute Gasteiger partial charge is 0.476 e. The Morgan fingerprint density at radius 2 is 2.62 bits per heavy atom. The number of aromatic nitrogens is 1. The van der Waals surface area contributed by atoms with Crippen LogP contribution in [-0.2, 0) is 6.54 Å². The van der Waals surface area contributed by atoms with Gasteiger partial charge in [0.25, 0.3) is 0 Å². The first kappa shape index (κ1) is 9.88. The van der Waals surface area contributed by atoms with Gasteiger partial charge in [-0.2, -0.15) is 0 Å². The lowest BCUT2D eigenvalue weighted by atomic mass is 10.4. The molecule has 0 aromatic carbocycles. The molecule has 4 nitrogen and oxygen atoms in total. The Hall–Kier alpha value is -1.20. The number of carboxylic acid groups (broad SMARTS) is 1. The first-order chi connectivity index (χ1) is 6.24. The van der Waals surface area contributed by atoms with E-state index in [-0.39, 0.29) is 5.01 Å². The Kier molecular flexibility index (Phi) is 3.60. The van der Waals surface area contributed by atoms with E-state index < -0.39 is 5.97 Å².